The molecule has 0 aromatic heterocycles. The lowest BCUT2D eigenvalue weighted by atomic mass is 10.0. The normalized spacial score (nSPS) is 20.4. The lowest BCUT2D eigenvalue weighted by molar-refractivity contribution is -0.138. The van der Waals surface area contributed by atoms with Crippen molar-refractivity contribution in [1.82, 2.24) is 4.90 Å². The molecule has 1 rings (SSSR count). The summed E-state index contributed by atoms with van der Waals surface area (Å²) in [5.74, 6) is 0.276. The second-order valence-corrected chi connectivity index (χ2v) is 3.69. The van der Waals surface area contributed by atoms with E-state index in [1.807, 2.05) is 6.92 Å². The number of carbonyl (C=O) groups is 1. The van der Waals surface area contributed by atoms with Gasteiger partial charge in [0.25, 0.3) is 0 Å². The Labute approximate surface area is 77.3 Å². The number of aliphatic hydroxyl groups excluding tert-OH is 1. The minimum atomic E-state index is -0.385. The Hall–Kier alpha value is -0.280. The largest absolute Gasteiger partial charge is 0.396 e. The quantitative estimate of drug-likeness (QED) is 0.659. The summed E-state index contributed by atoms with van der Waals surface area (Å²) in [6.07, 6.45) is 0.667. The van der Waals surface area contributed by atoms with Gasteiger partial charge >= 0.3 is 0 Å². The first-order valence-corrected chi connectivity index (χ1v) is 4.66. The van der Waals surface area contributed by atoms with Gasteiger partial charge in [-0.1, -0.05) is 6.92 Å². The third-order valence-electron chi connectivity index (χ3n) is 2.15. The van der Waals surface area contributed by atoms with E-state index in [0.29, 0.717) is 19.5 Å². The summed E-state index contributed by atoms with van der Waals surface area (Å²) in [6.45, 7) is 3.39. The average molecular weight is 192 g/mol. The number of halogens is 1. The fourth-order valence-electron chi connectivity index (χ4n) is 1.24. The molecule has 3 nitrogen and oxygen atoms in total. The Morgan fingerprint density at radius 2 is 2.33 bits per heavy atom. The summed E-state index contributed by atoms with van der Waals surface area (Å²) in [7, 11) is 0. The van der Waals surface area contributed by atoms with Gasteiger partial charge in [0, 0.05) is 25.6 Å². The molecular weight excluding hydrogens is 178 g/mol. The van der Waals surface area contributed by atoms with Gasteiger partial charge in [0.2, 0.25) is 5.91 Å². The van der Waals surface area contributed by atoms with E-state index in [-0.39, 0.29) is 23.8 Å². The second kappa shape index (κ2) is 4.10. The number of aliphatic hydroxyl groups is 1. The van der Waals surface area contributed by atoms with Crippen LogP contribution in [-0.2, 0) is 4.79 Å². The van der Waals surface area contributed by atoms with E-state index in [9.17, 15) is 4.79 Å². The average Bonchev–Trinajstić information content (AvgIpc) is 2.01. The van der Waals surface area contributed by atoms with E-state index >= 15 is 0 Å². The summed E-state index contributed by atoms with van der Waals surface area (Å²) < 4.78 is 0. The molecule has 1 fully saturated rings. The van der Waals surface area contributed by atoms with E-state index < -0.39 is 0 Å². The summed E-state index contributed by atoms with van der Waals surface area (Å²) >= 11 is 5.76. The van der Waals surface area contributed by atoms with Crippen LogP contribution in [0.25, 0.3) is 0 Å². The van der Waals surface area contributed by atoms with E-state index in [1.54, 1.807) is 4.90 Å². The smallest absolute Gasteiger partial charge is 0.240 e. The zero-order chi connectivity index (χ0) is 9.14. The Balaban J connectivity index is 2.28. The maximum Gasteiger partial charge on any atom is 0.240 e. The highest BCUT2D eigenvalue weighted by Crippen LogP contribution is 2.18. The molecule has 0 bridgehead atoms. The van der Waals surface area contributed by atoms with Gasteiger partial charge in [-0.3, -0.25) is 4.79 Å². The number of carbonyl (C=O) groups excluding carboxylic acids is 1. The number of amides is 1. The van der Waals surface area contributed by atoms with Crippen molar-refractivity contribution in [2.45, 2.75) is 18.7 Å². The highest BCUT2D eigenvalue weighted by atomic mass is 35.5. The van der Waals surface area contributed by atoms with Gasteiger partial charge in [-0.15, -0.1) is 11.6 Å². The van der Waals surface area contributed by atoms with Crippen LogP contribution in [0.1, 0.15) is 13.3 Å². The van der Waals surface area contributed by atoms with Crippen LogP contribution in [0.4, 0.5) is 0 Å². The van der Waals surface area contributed by atoms with Crippen LogP contribution in [-0.4, -0.2) is 41.0 Å². The van der Waals surface area contributed by atoms with Crippen LogP contribution in [0.3, 0.4) is 0 Å². The fourth-order valence-corrected chi connectivity index (χ4v) is 1.38. The number of nitrogens with zero attached hydrogens (tertiary/aromatic N) is 1. The molecule has 0 saturated carbocycles. The number of likely N-dealkylation sites (tertiary alicyclic amines) is 1. The van der Waals surface area contributed by atoms with Crippen LogP contribution >= 0.6 is 11.6 Å². The Morgan fingerprint density at radius 1 is 1.75 bits per heavy atom. The lowest BCUT2D eigenvalue weighted by Crippen LogP contribution is -2.53. The monoisotopic (exact) mass is 191 g/mol. The van der Waals surface area contributed by atoms with Crippen LogP contribution < -0.4 is 0 Å². The van der Waals surface area contributed by atoms with Crippen molar-refractivity contribution >= 4 is 17.5 Å². The summed E-state index contributed by atoms with van der Waals surface area (Å²) in [4.78, 5) is 13.0. The predicted octanol–water partition coefficient (Wildman–Crippen LogP) is 0.454. The molecule has 1 amide bonds. The number of hydrogen-bond donors (Lipinski definition) is 1. The third kappa shape index (κ3) is 1.90. The molecule has 0 spiro atoms. The van der Waals surface area contributed by atoms with Gasteiger partial charge in [0.15, 0.2) is 0 Å². The molecule has 0 aromatic rings. The summed E-state index contributed by atoms with van der Waals surface area (Å²) in [6, 6.07) is 0. The summed E-state index contributed by atoms with van der Waals surface area (Å²) in [5.41, 5.74) is 0. The molecule has 0 aliphatic carbocycles. The number of alkyl halides is 1. The molecule has 4 heteroatoms. The minimum Gasteiger partial charge on any atom is -0.396 e. The first-order chi connectivity index (χ1) is 5.69. The van der Waals surface area contributed by atoms with Crippen LogP contribution in [0.5, 0.6) is 0 Å². The van der Waals surface area contributed by atoms with Crippen LogP contribution in [0.2, 0.25) is 0 Å². The lowest BCUT2D eigenvalue weighted by Gasteiger charge is -2.39. The molecule has 70 valence electrons. The molecule has 1 heterocycles. The van der Waals surface area contributed by atoms with Gasteiger partial charge < -0.3 is 10.0 Å². The van der Waals surface area contributed by atoms with Crippen molar-refractivity contribution in [3.63, 3.8) is 0 Å². The SMILES string of the molecule is CCC(Cl)C(=O)N1CC(CO)C1. The number of hydrogen-bond acceptors (Lipinski definition) is 2. The van der Waals surface area contributed by atoms with E-state index in [2.05, 4.69) is 0 Å². The van der Waals surface area contributed by atoms with Crippen molar-refractivity contribution in [2.24, 2.45) is 5.92 Å². The molecule has 12 heavy (non-hydrogen) atoms. The minimum absolute atomic E-state index is 0.00358. The molecule has 1 aliphatic heterocycles. The molecule has 1 aliphatic rings. The van der Waals surface area contributed by atoms with Gasteiger partial charge in [-0.2, -0.15) is 0 Å². The second-order valence-electron chi connectivity index (χ2n) is 3.17. The van der Waals surface area contributed by atoms with Crippen LogP contribution in [0.15, 0.2) is 0 Å². The van der Waals surface area contributed by atoms with E-state index in [0.717, 1.165) is 0 Å². The van der Waals surface area contributed by atoms with Crippen LogP contribution in [0, 0.1) is 5.92 Å². The van der Waals surface area contributed by atoms with Crippen molar-refractivity contribution in [3.05, 3.63) is 0 Å². The zero-order valence-corrected chi connectivity index (χ0v) is 7.92. The van der Waals surface area contributed by atoms with Gasteiger partial charge in [-0.25, -0.2) is 0 Å². The van der Waals surface area contributed by atoms with E-state index in [4.69, 9.17) is 16.7 Å². The first kappa shape index (κ1) is 9.81. The molecule has 1 saturated heterocycles. The molecule has 1 atom stereocenters. The van der Waals surface area contributed by atoms with Gasteiger partial charge in [-0.05, 0) is 6.42 Å². The first-order valence-electron chi connectivity index (χ1n) is 4.22. The highest BCUT2D eigenvalue weighted by Gasteiger charge is 2.32. The summed E-state index contributed by atoms with van der Waals surface area (Å²) in [5, 5.41) is 8.33. The topological polar surface area (TPSA) is 40.5 Å². The maximum absolute atomic E-state index is 11.3. The molecular formula is C8H14ClNO2. The Morgan fingerprint density at radius 3 is 2.75 bits per heavy atom. The predicted molar refractivity (Wildman–Crippen MR) is 47.1 cm³/mol. The fraction of sp³-hybridized carbons (Fsp3) is 0.875. The molecule has 0 radical (unpaired) electrons. The van der Waals surface area contributed by atoms with Gasteiger partial charge in [0.1, 0.15) is 5.38 Å². The molecule has 0 aromatic carbocycles. The molecule has 1 N–H and O–H groups in total. The third-order valence-corrected chi connectivity index (χ3v) is 2.65. The van der Waals surface area contributed by atoms with Crippen molar-refractivity contribution < 1.29 is 9.90 Å². The molecule has 1 unspecified atom stereocenters. The van der Waals surface area contributed by atoms with Gasteiger partial charge in [0.05, 0.1) is 0 Å². The van der Waals surface area contributed by atoms with Crippen molar-refractivity contribution in [1.29, 1.82) is 0 Å². The Kier molecular flexibility index (Phi) is 3.35. The standard InChI is InChI=1S/C8H14ClNO2/c1-2-7(9)8(12)10-3-6(4-10)5-11/h6-7,11H,2-5H2,1H3. The zero-order valence-electron chi connectivity index (χ0n) is 7.16. The van der Waals surface area contributed by atoms with E-state index in [1.165, 1.54) is 0 Å². The highest BCUT2D eigenvalue weighted by molar-refractivity contribution is 6.30. The Bertz CT molecular complexity index is 168. The van der Waals surface area contributed by atoms with Crippen molar-refractivity contribution in [3.8, 4) is 0 Å². The number of rotatable bonds is 3. The maximum atomic E-state index is 11.3. The van der Waals surface area contributed by atoms with Crippen molar-refractivity contribution in [2.75, 3.05) is 19.7 Å².